The second-order valence-corrected chi connectivity index (χ2v) is 3.67. The van der Waals surface area contributed by atoms with E-state index in [1.54, 1.807) is 25.1 Å². The highest BCUT2D eigenvalue weighted by Crippen LogP contribution is 2.11. The lowest BCUT2D eigenvalue weighted by molar-refractivity contribution is -0.130. The molecule has 1 aliphatic heterocycles. The number of hydrogen-bond acceptors (Lipinski definition) is 3. The molecular formula is C10H18N2O2. The van der Waals surface area contributed by atoms with Crippen LogP contribution in [0.15, 0.2) is 12.7 Å². The third-order valence-electron chi connectivity index (χ3n) is 2.28. The molecule has 1 saturated heterocycles. The van der Waals surface area contributed by atoms with E-state index in [0.29, 0.717) is 6.61 Å². The van der Waals surface area contributed by atoms with Crippen molar-refractivity contribution in [1.29, 1.82) is 0 Å². The molecule has 1 aliphatic rings. The molecule has 0 radical (unpaired) electrons. The Kier molecular flexibility index (Phi) is 4.10. The van der Waals surface area contributed by atoms with Gasteiger partial charge in [-0.25, -0.2) is 0 Å². The van der Waals surface area contributed by atoms with Crippen LogP contribution >= 0.6 is 0 Å². The van der Waals surface area contributed by atoms with Gasteiger partial charge in [0.1, 0.15) is 0 Å². The summed E-state index contributed by atoms with van der Waals surface area (Å²) in [5, 5.41) is 3.15. The Bertz CT molecular complexity index is 216. The Labute approximate surface area is 84.9 Å². The number of amides is 1. The molecule has 0 aromatic heterocycles. The molecule has 1 fully saturated rings. The third kappa shape index (κ3) is 2.82. The third-order valence-corrected chi connectivity index (χ3v) is 2.28. The predicted molar refractivity (Wildman–Crippen MR) is 55.0 cm³/mol. The van der Waals surface area contributed by atoms with Crippen LogP contribution in [0.5, 0.6) is 0 Å². The molecule has 0 saturated carbocycles. The van der Waals surface area contributed by atoms with Gasteiger partial charge in [0.15, 0.2) is 0 Å². The van der Waals surface area contributed by atoms with E-state index in [1.807, 2.05) is 0 Å². The second-order valence-electron chi connectivity index (χ2n) is 3.67. The van der Waals surface area contributed by atoms with Gasteiger partial charge in [-0.1, -0.05) is 6.08 Å². The molecule has 0 spiro atoms. The Hall–Kier alpha value is -0.870. The predicted octanol–water partition coefficient (Wildman–Crippen LogP) is 0.00770. The van der Waals surface area contributed by atoms with Crippen LogP contribution in [0.3, 0.4) is 0 Å². The van der Waals surface area contributed by atoms with Crippen molar-refractivity contribution in [3.8, 4) is 0 Å². The van der Waals surface area contributed by atoms with E-state index >= 15 is 0 Å². The maximum absolute atomic E-state index is 11.6. The number of ether oxygens (including phenoxy) is 1. The first-order chi connectivity index (χ1) is 6.65. The van der Waals surface area contributed by atoms with Gasteiger partial charge in [-0.15, -0.1) is 6.58 Å². The summed E-state index contributed by atoms with van der Waals surface area (Å²) in [5.41, 5.74) is 0. The van der Waals surface area contributed by atoms with Crippen molar-refractivity contribution in [1.82, 2.24) is 10.2 Å². The van der Waals surface area contributed by atoms with Crippen LogP contribution in [0.2, 0.25) is 0 Å². The molecule has 4 heteroatoms. The topological polar surface area (TPSA) is 41.6 Å². The van der Waals surface area contributed by atoms with E-state index < -0.39 is 0 Å². The molecule has 1 N–H and O–H groups in total. The van der Waals surface area contributed by atoms with Crippen molar-refractivity contribution in [2.24, 2.45) is 0 Å². The van der Waals surface area contributed by atoms with Gasteiger partial charge in [-0.3, -0.25) is 4.79 Å². The fraction of sp³-hybridized carbons (Fsp3) is 0.700. The first-order valence-electron chi connectivity index (χ1n) is 4.82. The molecule has 0 aromatic carbocycles. The van der Waals surface area contributed by atoms with E-state index in [-0.39, 0.29) is 18.1 Å². The lowest BCUT2D eigenvalue weighted by Crippen LogP contribution is -2.39. The highest BCUT2D eigenvalue weighted by atomic mass is 16.5. The first-order valence-corrected chi connectivity index (χ1v) is 4.82. The van der Waals surface area contributed by atoms with Gasteiger partial charge in [0.05, 0.1) is 18.8 Å². The molecule has 0 bridgehead atoms. The van der Waals surface area contributed by atoms with E-state index in [0.717, 1.165) is 13.0 Å². The minimum atomic E-state index is -0.0835. The number of likely N-dealkylation sites (N-methyl/N-ethyl adjacent to an activating group) is 1. The van der Waals surface area contributed by atoms with Crippen LogP contribution in [0, 0.1) is 0 Å². The van der Waals surface area contributed by atoms with Crippen molar-refractivity contribution in [3.63, 3.8) is 0 Å². The quantitative estimate of drug-likeness (QED) is 0.647. The maximum atomic E-state index is 11.6. The van der Waals surface area contributed by atoms with Crippen molar-refractivity contribution < 1.29 is 9.53 Å². The number of nitrogens with one attached hydrogen (secondary N) is 1. The van der Waals surface area contributed by atoms with Crippen LogP contribution in [0.1, 0.15) is 6.42 Å². The van der Waals surface area contributed by atoms with E-state index in [9.17, 15) is 4.79 Å². The standard InChI is InChI=1S/C10H18N2O2/c1-4-5-14-8-6-9(11-7-8)10(13)12(2)3/h4,8-9,11H,1,5-7H2,2-3H3/t8-,9+/m1/s1. The number of hydrogen-bond donors (Lipinski definition) is 1. The minimum Gasteiger partial charge on any atom is -0.373 e. The lowest BCUT2D eigenvalue weighted by Gasteiger charge is -2.15. The number of rotatable bonds is 4. The van der Waals surface area contributed by atoms with Crippen molar-refractivity contribution in [2.75, 3.05) is 27.2 Å². The Morgan fingerprint density at radius 3 is 3.00 bits per heavy atom. The van der Waals surface area contributed by atoms with Crippen LogP contribution in [-0.2, 0) is 9.53 Å². The molecule has 1 heterocycles. The number of nitrogens with zero attached hydrogens (tertiary/aromatic N) is 1. The van der Waals surface area contributed by atoms with Gasteiger partial charge >= 0.3 is 0 Å². The first kappa shape index (κ1) is 11.2. The molecule has 1 amide bonds. The van der Waals surface area contributed by atoms with Crippen molar-refractivity contribution in [2.45, 2.75) is 18.6 Å². The molecule has 0 aromatic rings. The smallest absolute Gasteiger partial charge is 0.239 e. The van der Waals surface area contributed by atoms with Gasteiger partial charge in [0.2, 0.25) is 5.91 Å². The Morgan fingerprint density at radius 2 is 2.43 bits per heavy atom. The van der Waals surface area contributed by atoms with Crippen LogP contribution < -0.4 is 5.32 Å². The summed E-state index contributed by atoms with van der Waals surface area (Å²) >= 11 is 0. The monoisotopic (exact) mass is 198 g/mol. The number of carbonyl (C=O) groups excluding carboxylic acids is 1. The molecule has 0 unspecified atom stereocenters. The average molecular weight is 198 g/mol. The summed E-state index contributed by atoms with van der Waals surface area (Å²) in [5.74, 6) is 0.120. The van der Waals surface area contributed by atoms with Gasteiger partial charge in [0.25, 0.3) is 0 Å². The number of carbonyl (C=O) groups is 1. The summed E-state index contributed by atoms with van der Waals surface area (Å²) in [6.45, 7) is 4.88. The normalized spacial score (nSPS) is 26.1. The highest BCUT2D eigenvalue weighted by molar-refractivity contribution is 5.81. The molecule has 80 valence electrons. The molecule has 14 heavy (non-hydrogen) atoms. The maximum Gasteiger partial charge on any atom is 0.239 e. The summed E-state index contributed by atoms with van der Waals surface area (Å²) in [4.78, 5) is 13.2. The van der Waals surface area contributed by atoms with E-state index in [4.69, 9.17) is 4.74 Å². The van der Waals surface area contributed by atoms with E-state index in [1.165, 1.54) is 0 Å². The zero-order valence-electron chi connectivity index (χ0n) is 8.82. The summed E-state index contributed by atoms with van der Waals surface area (Å²) in [6, 6.07) is -0.0835. The van der Waals surface area contributed by atoms with Gasteiger partial charge in [0, 0.05) is 20.6 Å². The molecule has 4 nitrogen and oxygen atoms in total. The summed E-state index contributed by atoms with van der Waals surface area (Å²) in [7, 11) is 3.53. The SMILES string of the molecule is C=CCO[C@H]1CN[C@H](C(=O)N(C)C)C1. The Balaban J connectivity index is 2.33. The second kappa shape index (κ2) is 5.12. The molecule has 2 atom stereocenters. The van der Waals surface area contributed by atoms with E-state index in [2.05, 4.69) is 11.9 Å². The fourth-order valence-corrected chi connectivity index (χ4v) is 1.53. The van der Waals surface area contributed by atoms with Crippen LogP contribution in [-0.4, -0.2) is 50.2 Å². The zero-order valence-corrected chi connectivity index (χ0v) is 8.82. The largest absolute Gasteiger partial charge is 0.373 e. The minimum absolute atomic E-state index is 0.0835. The highest BCUT2D eigenvalue weighted by Gasteiger charge is 2.30. The molecular weight excluding hydrogens is 180 g/mol. The van der Waals surface area contributed by atoms with Crippen molar-refractivity contribution >= 4 is 5.91 Å². The van der Waals surface area contributed by atoms with Gasteiger partial charge < -0.3 is 15.0 Å². The molecule has 0 aliphatic carbocycles. The lowest BCUT2D eigenvalue weighted by atomic mass is 10.2. The van der Waals surface area contributed by atoms with Gasteiger partial charge in [-0.05, 0) is 6.42 Å². The van der Waals surface area contributed by atoms with Crippen molar-refractivity contribution in [3.05, 3.63) is 12.7 Å². The Morgan fingerprint density at radius 1 is 1.71 bits per heavy atom. The van der Waals surface area contributed by atoms with Gasteiger partial charge in [-0.2, -0.15) is 0 Å². The zero-order chi connectivity index (χ0) is 10.6. The summed E-state index contributed by atoms with van der Waals surface area (Å²) < 4.78 is 5.46. The average Bonchev–Trinajstić information content (AvgIpc) is 2.61. The van der Waals surface area contributed by atoms with Crippen LogP contribution in [0.25, 0.3) is 0 Å². The molecule has 1 rings (SSSR count). The van der Waals surface area contributed by atoms with Crippen LogP contribution in [0.4, 0.5) is 0 Å². The summed E-state index contributed by atoms with van der Waals surface area (Å²) in [6.07, 6.45) is 2.62. The fourth-order valence-electron chi connectivity index (χ4n) is 1.53.